The van der Waals surface area contributed by atoms with Gasteiger partial charge in [0.1, 0.15) is 5.82 Å². The van der Waals surface area contributed by atoms with Gasteiger partial charge in [-0.3, -0.25) is 0 Å². The van der Waals surface area contributed by atoms with Gasteiger partial charge in [0, 0.05) is 5.56 Å². The van der Waals surface area contributed by atoms with Gasteiger partial charge in [-0.25, -0.2) is 4.39 Å². The Kier molecular flexibility index (Phi) is 2.73. The monoisotopic (exact) mass is 228 g/mol. The van der Waals surface area contributed by atoms with E-state index in [4.69, 9.17) is 11.6 Å². The van der Waals surface area contributed by atoms with Gasteiger partial charge in [-0.2, -0.15) is 0 Å². The van der Waals surface area contributed by atoms with Crippen LogP contribution in [0.5, 0.6) is 0 Å². The van der Waals surface area contributed by atoms with Crippen molar-refractivity contribution in [3.05, 3.63) is 34.6 Å². The first-order valence-corrected chi connectivity index (χ1v) is 5.64. The van der Waals surface area contributed by atoms with Gasteiger partial charge in [0.15, 0.2) is 0 Å². The van der Waals surface area contributed by atoms with Crippen LogP contribution < -0.4 is 0 Å². The maximum absolute atomic E-state index is 13.2. The largest absolute Gasteiger partial charge is 0.385 e. The Labute approximate surface area is 93.9 Å². The molecule has 0 amide bonds. The third-order valence-corrected chi connectivity index (χ3v) is 3.51. The molecule has 0 heterocycles. The fraction of sp³-hybridized carbons (Fsp3) is 0.500. The summed E-state index contributed by atoms with van der Waals surface area (Å²) < 4.78 is 13.2. The lowest BCUT2D eigenvalue weighted by Crippen LogP contribution is -2.10. The molecule has 1 aromatic carbocycles. The molecule has 0 radical (unpaired) electrons. The quantitative estimate of drug-likeness (QED) is 0.840. The fourth-order valence-electron chi connectivity index (χ4n) is 2.17. The summed E-state index contributed by atoms with van der Waals surface area (Å²) >= 11 is 5.85. The number of aliphatic hydroxyl groups is 1. The average Bonchev–Trinajstić information content (AvgIpc) is 2.83. The fourth-order valence-corrected chi connectivity index (χ4v) is 2.46. The van der Waals surface area contributed by atoms with E-state index < -0.39 is 11.4 Å². The van der Waals surface area contributed by atoms with Crippen molar-refractivity contribution in [1.29, 1.82) is 0 Å². The predicted molar refractivity (Wildman–Crippen MR) is 58.3 cm³/mol. The van der Waals surface area contributed by atoms with Gasteiger partial charge in [-0.05, 0) is 24.8 Å². The van der Waals surface area contributed by atoms with Crippen LogP contribution in [0.15, 0.2) is 18.2 Å². The summed E-state index contributed by atoms with van der Waals surface area (Å²) in [7, 11) is 0. The SMILES string of the molecule is CCCC1CC1(O)c1cccc(F)c1Cl. The molecule has 0 spiro atoms. The molecule has 0 bridgehead atoms. The molecule has 15 heavy (non-hydrogen) atoms. The number of benzene rings is 1. The highest BCUT2D eigenvalue weighted by atomic mass is 35.5. The molecule has 1 N–H and O–H groups in total. The number of hydrogen-bond donors (Lipinski definition) is 1. The van der Waals surface area contributed by atoms with Gasteiger partial charge in [-0.1, -0.05) is 37.1 Å². The molecule has 1 aromatic rings. The van der Waals surface area contributed by atoms with Gasteiger partial charge in [0.25, 0.3) is 0 Å². The zero-order chi connectivity index (χ0) is 11.1. The number of halogens is 2. The Morgan fingerprint density at radius 1 is 1.60 bits per heavy atom. The normalized spacial score (nSPS) is 29.2. The Morgan fingerprint density at radius 2 is 2.33 bits per heavy atom. The Hall–Kier alpha value is -0.600. The summed E-state index contributed by atoms with van der Waals surface area (Å²) in [4.78, 5) is 0. The Bertz CT molecular complexity index is 380. The molecule has 82 valence electrons. The lowest BCUT2D eigenvalue weighted by molar-refractivity contribution is 0.129. The van der Waals surface area contributed by atoms with Crippen LogP contribution >= 0.6 is 11.6 Å². The second-order valence-corrected chi connectivity index (χ2v) is 4.59. The van der Waals surface area contributed by atoms with Crippen molar-refractivity contribution >= 4 is 11.6 Å². The topological polar surface area (TPSA) is 20.2 Å². The minimum atomic E-state index is -0.880. The standard InChI is InChI=1S/C12H14ClFO/c1-2-4-8-7-12(8,15)9-5-3-6-10(14)11(9)13/h3,5-6,8,15H,2,4,7H2,1H3. The number of hydrogen-bond acceptors (Lipinski definition) is 1. The van der Waals surface area contributed by atoms with Crippen molar-refractivity contribution in [1.82, 2.24) is 0 Å². The first kappa shape index (κ1) is 10.9. The van der Waals surface area contributed by atoms with E-state index in [1.54, 1.807) is 12.1 Å². The molecular weight excluding hydrogens is 215 g/mol. The van der Waals surface area contributed by atoms with Gasteiger partial charge in [0.2, 0.25) is 0 Å². The van der Waals surface area contributed by atoms with Crippen molar-refractivity contribution in [2.45, 2.75) is 31.8 Å². The van der Waals surface area contributed by atoms with Crippen molar-refractivity contribution < 1.29 is 9.50 Å². The predicted octanol–water partition coefficient (Wildman–Crippen LogP) is 3.49. The van der Waals surface area contributed by atoms with E-state index in [0.717, 1.165) is 12.8 Å². The highest BCUT2D eigenvalue weighted by molar-refractivity contribution is 6.31. The van der Waals surface area contributed by atoms with Crippen molar-refractivity contribution in [2.75, 3.05) is 0 Å². The van der Waals surface area contributed by atoms with Crippen molar-refractivity contribution in [3.8, 4) is 0 Å². The maximum atomic E-state index is 13.2. The van der Waals surface area contributed by atoms with Crippen LogP contribution in [-0.4, -0.2) is 5.11 Å². The lowest BCUT2D eigenvalue weighted by Gasteiger charge is -2.12. The van der Waals surface area contributed by atoms with Crippen LogP contribution in [0.25, 0.3) is 0 Å². The molecule has 1 fully saturated rings. The molecule has 1 aliphatic carbocycles. The first-order chi connectivity index (χ1) is 7.09. The van der Waals surface area contributed by atoms with Crippen LogP contribution in [-0.2, 0) is 5.60 Å². The molecule has 1 nitrogen and oxygen atoms in total. The molecule has 0 aromatic heterocycles. The Balaban J connectivity index is 2.28. The van der Waals surface area contributed by atoms with Gasteiger partial charge in [0.05, 0.1) is 10.6 Å². The first-order valence-electron chi connectivity index (χ1n) is 5.26. The molecule has 1 saturated carbocycles. The number of rotatable bonds is 3. The van der Waals surface area contributed by atoms with E-state index >= 15 is 0 Å². The second-order valence-electron chi connectivity index (χ2n) is 4.22. The third kappa shape index (κ3) is 1.77. The van der Waals surface area contributed by atoms with E-state index in [9.17, 15) is 9.50 Å². The smallest absolute Gasteiger partial charge is 0.142 e. The van der Waals surface area contributed by atoms with E-state index in [1.165, 1.54) is 6.07 Å². The van der Waals surface area contributed by atoms with Crippen LogP contribution in [0, 0.1) is 11.7 Å². The molecule has 3 heteroatoms. The van der Waals surface area contributed by atoms with Crippen LogP contribution in [0.3, 0.4) is 0 Å². The highest BCUT2D eigenvalue weighted by Gasteiger charge is 2.54. The summed E-state index contributed by atoms with van der Waals surface area (Å²) in [6.45, 7) is 2.08. The zero-order valence-corrected chi connectivity index (χ0v) is 9.39. The summed E-state index contributed by atoms with van der Waals surface area (Å²) in [5.41, 5.74) is -0.336. The van der Waals surface area contributed by atoms with E-state index in [-0.39, 0.29) is 10.9 Å². The minimum absolute atomic E-state index is 0.0682. The van der Waals surface area contributed by atoms with Crippen molar-refractivity contribution in [2.24, 2.45) is 5.92 Å². The molecule has 2 unspecified atom stereocenters. The van der Waals surface area contributed by atoms with Gasteiger partial charge < -0.3 is 5.11 Å². The van der Waals surface area contributed by atoms with Crippen molar-refractivity contribution in [3.63, 3.8) is 0 Å². The van der Waals surface area contributed by atoms with Crippen LogP contribution in [0.4, 0.5) is 4.39 Å². The van der Waals surface area contributed by atoms with Crippen LogP contribution in [0.2, 0.25) is 5.02 Å². The summed E-state index contributed by atoms with van der Waals surface area (Å²) in [5.74, 6) is -0.216. The summed E-state index contributed by atoms with van der Waals surface area (Å²) in [5, 5.41) is 10.3. The van der Waals surface area contributed by atoms with Gasteiger partial charge in [-0.15, -0.1) is 0 Å². The molecule has 2 rings (SSSR count). The highest BCUT2D eigenvalue weighted by Crippen LogP contribution is 2.55. The molecule has 1 aliphatic rings. The molecule has 0 aliphatic heterocycles. The van der Waals surface area contributed by atoms with E-state index in [1.807, 2.05) is 0 Å². The Morgan fingerprint density at radius 3 is 3.00 bits per heavy atom. The summed E-state index contributed by atoms with van der Waals surface area (Å²) in [6.07, 6.45) is 2.69. The lowest BCUT2D eigenvalue weighted by atomic mass is 10.0. The summed E-state index contributed by atoms with van der Waals surface area (Å²) in [6, 6.07) is 4.61. The third-order valence-electron chi connectivity index (χ3n) is 3.13. The second kappa shape index (κ2) is 3.76. The zero-order valence-electron chi connectivity index (χ0n) is 8.63. The average molecular weight is 229 g/mol. The van der Waals surface area contributed by atoms with Crippen LogP contribution in [0.1, 0.15) is 31.7 Å². The maximum Gasteiger partial charge on any atom is 0.142 e. The van der Waals surface area contributed by atoms with E-state index in [2.05, 4.69) is 6.92 Å². The minimum Gasteiger partial charge on any atom is -0.385 e. The van der Waals surface area contributed by atoms with E-state index in [0.29, 0.717) is 12.0 Å². The molecular formula is C12H14ClFO. The molecule has 0 saturated heterocycles. The van der Waals surface area contributed by atoms with Gasteiger partial charge >= 0.3 is 0 Å². The molecule has 2 atom stereocenters.